The average Bonchev–Trinajstić information content (AvgIpc) is 3.15. The standard InChI is InChI=1S/C27H21F3N2O3S2/c1-17(19-8-3-2-4-9-19)32-25(34)23(37-26(32)36)14-18-7-5-12-22(13-18)35-16-24(33)31-21-11-6-10-20(15-21)27(28,29)30/h2-15,17H,16H2,1H3,(H,31,33)/b23-14-/t17-/m1/s1. The Morgan fingerprint density at radius 3 is 2.54 bits per heavy atom. The molecule has 190 valence electrons. The van der Waals surface area contributed by atoms with Gasteiger partial charge in [0.2, 0.25) is 0 Å². The van der Waals surface area contributed by atoms with Crippen LogP contribution in [-0.4, -0.2) is 27.6 Å². The lowest BCUT2D eigenvalue weighted by Gasteiger charge is -2.23. The lowest BCUT2D eigenvalue weighted by Crippen LogP contribution is -2.30. The van der Waals surface area contributed by atoms with E-state index in [1.165, 1.54) is 23.9 Å². The Labute approximate surface area is 221 Å². The number of anilines is 1. The van der Waals surface area contributed by atoms with Crippen molar-refractivity contribution in [3.8, 4) is 5.75 Å². The predicted molar refractivity (Wildman–Crippen MR) is 142 cm³/mol. The summed E-state index contributed by atoms with van der Waals surface area (Å²) < 4.78 is 44.6. The van der Waals surface area contributed by atoms with Crippen LogP contribution >= 0.6 is 24.0 Å². The van der Waals surface area contributed by atoms with Gasteiger partial charge in [0.15, 0.2) is 6.61 Å². The fraction of sp³-hybridized carbons (Fsp3) is 0.148. The van der Waals surface area contributed by atoms with Crippen LogP contribution in [0, 0.1) is 0 Å². The van der Waals surface area contributed by atoms with Crippen LogP contribution in [0.5, 0.6) is 5.75 Å². The second-order valence-corrected chi connectivity index (χ2v) is 9.80. The van der Waals surface area contributed by atoms with E-state index >= 15 is 0 Å². The van der Waals surface area contributed by atoms with E-state index in [1.54, 1.807) is 35.2 Å². The van der Waals surface area contributed by atoms with E-state index in [9.17, 15) is 22.8 Å². The number of thiocarbonyl (C=S) groups is 1. The van der Waals surface area contributed by atoms with Crippen LogP contribution in [0.15, 0.2) is 83.8 Å². The zero-order valence-electron chi connectivity index (χ0n) is 19.5. The third-order valence-corrected chi connectivity index (χ3v) is 6.82. The molecule has 0 radical (unpaired) electrons. The van der Waals surface area contributed by atoms with Crippen LogP contribution in [-0.2, 0) is 15.8 Å². The van der Waals surface area contributed by atoms with Crippen molar-refractivity contribution in [2.24, 2.45) is 0 Å². The topological polar surface area (TPSA) is 58.6 Å². The molecule has 1 aliphatic heterocycles. The summed E-state index contributed by atoms with van der Waals surface area (Å²) in [5.74, 6) is -0.445. The maximum Gasteiger partial charge on any atom is 0.416 e. The van der Waals surface area contributed by atoms with Gasteiger partial charge >= 0.3 is 6.18 Å². The van der Waals surface area contributed by atoms with E-state index < -0.39 is 24.3 Å². The number of amides is 2. The molecule has 1 heterocycles. The third-order valence-electron chi connectivity index (χ3n) is 5.49. The van der Waals surface area contributed by atoms with Gasteiger partial charge in [0, 0.05) is 5.69 Å². The van der Waals surface area contributed by atoms with Gasteiger partial charge in [-0.15, -0.1) is 0 Å². The van der Waals surface area contributed by atoms with Crippen LogP contribution in [0.4, 0.5) is 18.9 Å². The summed E-state index contributed by atoms with van der Waals surface area (Å²) in [5, 5.41) is 2.39. The number of nitrogens with one attached hydrogen (secondary N) is 1. The first-order valence-corrected chi connectivity index (χ1v) is 12.4. The molecule has 3 aromatic rings. The minimum atomic E-state index is -4.51. The molecule has 0 spiro atoms. The second-order valence-electron chi connectivity index (χ2n) is 8.13. The summed E-state index contributed by atoms with van der Waals surface area (Å²) in [6, 6.07) is 20.5. The maximum absolute atomic E-state index is 13.1. The first-order valence-electron chi connectivity index (χ1n) is 11.1. The van der Waals surface area contributed by atoms with Crippen molar-refractivity contribution in [3.63, 3.8) is 0 Å². The largest absolute Gasteiger partial charge is 0.484 e. The van der Waals surface area contributed by atoms with Crippen LogP contribution in [0.2, 0.25) is 0 Å². The van der Waals surface area contributed by atoms with Crippen molar-refractivity contribution >= 4 is 51.9 Å². The van der Waals surface area contributed by atoms with Crippen LogP contribution in [0.3, 0.4) is 0 Å². The summed E-state index contributed by atoms with van der Waals surface area (Å²) >= 11 is 6.67. The Morgan fingerprint density at radius 1 is 1.08 bits per heavy atom. The molecule has 1 aliphatic rings. The highest BCUT2D eigenvalue weighted by atomic mass is 32.2. The monoisotopic (exact) mass is 542 g/mol. The van der Waals surface area contributed by atoms with Crippen molar-refractivity contribution in [2.45, 2.75) is 19.1 Å². The van der Waals surface area contributed by atoms with Gasteiger partial charge < -0.3 is 10.1 Å². The van der Waals surface area contributed by atoms with E-state index in [0.29, 0.717) is 20.5 Å². The van der Waals surface area contributed by atoms with Crippen molar-refractivity contribution in [3.05, 3.63) is 100 Å². The van der Waals surface area contributed by atoms with E-state index in [2.05, 4.69) is 5.32 Å². The highest BCUT2D eigenvalue weighted by Crippen LogP contribution is 2.38. The van der Waals surface area contributed by atoms with Crippen LogP contribution in [0.1, 0.15) is 29.7 Å². The van der Waals surface area contributed by atoms with Gasteiger partial charge in [-0.1, -0.05) is 72.5 Å². The molecule has 1 saturated heterocycles. The molecule has 0 aliphatic carbocycles. The number of halogens is 3. The summed E-state index contributed by atoms with van der Waals surface area (Å²) in [6.07, 6.45) is -2.81. The molecule has 37 heavy (non-hydrogen) atoms. The fourth-order valence-electron chi connectivity index (χ4n) is 3.66. The molecular weight excluding hydrogens is 521 g/mol. The molecule has 0 unspecified atom stereocenters. The average molecular weight is 543 g/mol. The van der Waals surface area contributed by atoms with Crippen molar-refractivity contribution in [2.75, 3.05) is 11.9 Å². The number of benzene rings is 3. The molecule has 1 atom stereocenters. The summed E-state index contributed by atoms with van der Waals surface area (Å²) in [4.78, 5) is 27.3. The van der Waals surface area contributed by atoms with Gasteiger partial charge in [-0.2, -0.15) is 13.2 Å². The number of rotatable bonds is 7. The Hall–Kier alpha value is -3.63. The molecule has 0 bridgehead atoms. The molecule has 5 nitrogen and oxygen atoms in total. The number of hydrogen-bond donors (Lipinski definition) is 1. The van der Waals surface area contributed by atoms with E-state index in [4.69, 9.17) is 17.0 Å². The van der Waals surface area contributed by atoms with Gasteiger partial charge in [-0.05, 0) is 54.5 Å². The minimum absolute atomic E-state index is 0.0175. The maximum atomic E-state index is 13.1. The lowest BCUT2D eigenvalue weighted by atomic mass is 10.1. The number of nitrogens with zero attached hydrogens (tertiary/aromatic N) is 1. The van der Waals surface area contributed by atoms with Gasteiger partial charge in [-0.25, -0.2) is 0 Å². The van der Waals surface area contributed by atoms with Gasteiger partial charge in [-0.3, -0.25) is 14.5 Å². The number of alkyl halides is 3. The van der Waals surface area contributed by atoms with E-state index in [-0.39, 0.29) is 17.6 Å². The second kappa shape index (κ2) is 11.2. The molecular formula is C27H21F3N2O3S2. The smallest absolute Gasteiger partial charge is 0.416 e. The Balaban J connectivity index is 1.40. The first-order chi connectivity index (χ1) is 17.6. The number of ether oxygens (including phenoxy) is 1. The molecule has 0 aromatic heterocycles. The molecule has 2 amide bonds. The van der Waals surface area contributed by atoms with Gasteiger partial charge in [0.1, 0.15) is 10.1 Å². The number of carbonyl (C=O) groups is 2. The zero-order chi connectivity index (χ0) is 26.6. The van der Waals surface area contributed by atoms with Crippen LogP contribution < -0.4 is 10.1 Å². The quantitative estimate of drug-likeness (QED) is 0.267. The summed E-state index contributed by atoms with van der Waals surface area (Å²) in [7, 11) is 0. The Bertz CT molecular complexity index is 1360. The van der Waals surface area contributed by atoms with Crippen molar-refractivity contribution in [1.82, 2.24) is 4.90 Å². The van der Waals surface area contributed by atoms with Gasteiger partial charge in [0.05, 0.1) is 16.5 Å². The van der Waals surface area contributed by atoms with E-state index in [1.807, 2.05) is 37.3 Å². The molecule has 1 N–H and O–H groups in total. The fourth-order valence-corrected chi connectivity index (χ4v) is 5.08. The molecule has 4 rings (SSSR count). The highest BCUT2D eigenvalue weighted by molar-refractivity contribution is 8.26. The van der Waals surface area contributed by atoms with Crippen molar-refractivity contribution < 1.29 is 27.5 Å². The Morgan fingerprint density at radius 2 is 1.81 bits per heavy atom. The summed E-state index contributed by atoms with van der Waals surface area (Å²) in [6.45, 7) is 1.51. The predicted octanol–water partition coefficient (Wildman–Crippen LogP) is 6.69. The van der Waals surface area contributed by atoms with Gasteiger partial charge in [0.25, 0.3) is 11.8 Å². The van der Waals surface area contributed by atoms with Crippen LogP contribution in [0.25, 0.3) is 6.08 Å². The third kappa shape index (κ3) is 6.58. The molecule has 1 fully saturated rings. The molecule has 0 saturated carbocycles. The lowest BCUT2D eigenvalue weighted by molar-refractivity contribution is -0.137. The number of hydrogen-bond acceptors (Lipinski definition) is 5. The SMILES string of the molecule is C[C@H](c1ccccc1)N1C(=O)/C(=C/c2cccc(OCC(=O)Nc3cccc(C(F)(F)F)c3)c2)SC1=S. The number of carbonyl (C=O) groups excluding carboxylic acids is 2. The minimum Gasteiger partial charge on any atom is -0.484 e. The molecule has 10 heteroatoms. The molecule has 3 aromatic carbocycles. The Kier molecular flexibility index (Phi) is 7.99. The summed E-state index contributed by atoms with van der Waals surface area (Å²) in [5.41, 5.74) is 0.800. The normalized spacial score (nSPS) is 15.7. The highest BCUT2D eigenvalue weighted by Gasteiger charge is 2.36. The number of thioether (sulfide) groups is 1. The first kappa shape index (κ1) is 26.4. The zero-order valence-corrected chi connectivity index (χ0v) is 21.1. The van der Waals surface area contributed by atoms with E-state index in [0.717, 1.165) is 17.7 Å². The van der Waals surface area contributed by atoms with Crippen molar-refractivity contribution in [1.29, 1.82) is 0 Å².